The molecule has 1 aliphatic heterocycles. The van der Waals surface area contributed by atoms with Crippen LogP contribution in [0.1, 0.15) is 41.0 Å². The fourth-order valence-corrected chi connectivity index (χ4v) is 2.35. The zero-order chi connectivity index (χ0) is 13.9. The summed E-state index contributed by atoms with van der Waals surface area (Å²) in [6.07, 6.45) is 4.58. The number of carbonyl (C=O) groups is 1. The van der Waals surface area contributed by atoms with Gasteiger partial charge in [0, 0.05) is 24.7 Å². The largest absolute Gasteiger partial charge is 0.384 e. The summed E-state index contributed by atoms with van der Waals surface area (Å²) in [5.74, 6) is 6.68. The maximum atomic E-state index is 11.9. The molecule has 0 saturated carbocycles. The van der Waals surface area contributed by atoms with Crippen LogP contribution in [0.5, 0.6) is 0 Å². The van der Waals surface area contributed by atoms with Crippen LogP contribution >= 0.6 is 0 Å². The molecular formula is C16H15N3O. The van der Waals surface area contributed by atoms with Gasteiger partial charge in [0.2, 0.25) is 0 Å². The Morgan fingerprint density at radius 1 is 1.25 bits per heavy atom. The van der Waals surface area contributed by atoms with E-state index in [2.05, 4.69) is 16.8 Å². The fourth-order valence-electron chi connectivity index (χ4n) is 2.35. The third-order valence-corrected chi connectivity index (χ3v) is 3.34. The van der Waals surface area contributed by atoms with Crippen molar-refractivity contribution >= 4 is 11.6 Å². The second kappa shape index (κ2) is 5.22. The minimum Gasteiger partial charge on any atom is -0.384 e. The molecule has 0 radical (unpaired) electrons. The monoisotopic (exact) mass is 265 g/mol. The second-order valence-corrected chi connectivity index (χ2v) is 4.89. The molecule has 2 aromatic rings. The number of ketones is 1. The Labute approximate surface area is 117 Å². The quantitative estimate of drug-likeness (QED) is 0.743. The van der Waals surface area contributed by atoms with E-state index in [9.17, 15) is 4.79 Å². The molecule has 0 aromatic carbocycles. The summed E-state index contributed by atoms with van der Waals surface area (Å²) in [6, 6.07) is 7.23. The van der Waals surface area contributed by atoms with Crippen molar-refractivity contribution in [2.45, 2.75) is 25.8 Å². The zero-order valence-electron chi connectivity index (χ0n) is 11.1. The van der Waals surface area contributed by atoms with E-state index in [0.717, 1.165) is 30.6 Å². The van der Waals surface area contributed by atoms with E-state index in [1.165, 1.54) is 0 Å². The molecule has 2 N–H and O–H groups in total. The first kappa shape index (κ1) is 12.5. The average molecular weight is 265 g/mol. The van der Waals surface area contributed by atoms with Gasteiger partial charge in [-0.05, 0) is 37.0 Å². The van der Waals surface area contributed by atoms with Crippen LogP contribution in [0, 0.1) is 11.8 Å². The lowest BCUT2D eigenvalue weighted by atomic mass is 10.1. The van der Waals surface area contributed by atoms with Crippen molar-refractivity contribution in [3.05, 3.63) is 47.4 Å². The van der Waals surface area contributed by atoms with Crippen molar-refractivity contribution in [2.24, 2.45) is 0 Å². The maximum Gasteiger partial charge on any atom is 0.179 e. The fraction of sp³-hybridized carbons (Fsp3) is 0.250. The molecule has 0 bridgehead atoms. The van der Waals surface area contributed by atoms with Gasteiger partial charge in [0.25, 0.3) is 0 Å². The van der Waals surface area contributed by atoms with Crippen molar-refractivity contribution in [3.8, 4) is 11.8 Å². The highest BCUT2D eigenvalue weighted by Gasteiger charge is 2.15. The summed E-state index contributed by atoms with van der Waals surface area (Å²) in [6.45, 7) is 0.888. The number of nitrogens with zero attached hydrogens (tertiary/aromatic N) is 2. The molecular weight excluding hydrogens is 250 g/mol. The number of hydrogen-bond donors (Lipinski definition) is 1. The molecule has 0 unspecified atom stereocenters. The highest BCUT2D eigenvalue weighted by molar-refractivity contribution is 5.95. The summed E-state index contributed by atoms with van der Waals surface area (Å²) < 4.78 is 2.01. The maximum absolute atomic E-state index is 11.9. The molecule has 4 nitrogen and oxygen atoms in total. The van der Waals surface area contributed by atoms with Gasteiger partial charge in [-0.15, -0.1) is 0 Å². The SMILES string of the molecule is Nc1cccc(C#Cc2cc3n(c2)CCCCC3=O)n1. The van der Waals surface area contributed by atoms with Gasteiger partial charge in [-0.1, -0.05) is 12.0 Å². The Morgan fingerprint density at radius 3 is 3.00 bits per heavy atom. The number of aromatic nitrogens is 2. The number of aryl methyl sites for hydroxylation is 1. The molecule has 0 aliphatic carbocycles. The van der Waals surface area contributed by atoms with Gasteiger partial charge in [-0.3, -0.25) is 4.79 Å². The van der Waals surface area contributed by atoms with Gasteiger partial charge in [-0.2, -0.15) is 0 Å². The van der Waals surface area contributed by atoms with E-state index in [1.807, 2.05) is 29.0 Å². The standard InChI is InChI=1S/C16H15N3O/c17-16-6-3-4-13(18-16)8-7-12-10-14-15(20)5-1-2-9-19(14)11-12/h3-4,6,10-11H,1-2,5,9H2,(H2,17,18). The predicted molar refractivity (Wildman–Crippen MR) is 77.2 cm³/mol. The van der Waals surface area contributed by atoms with Gasteiger partial charge in [-0.25, -0.2) is 4.98 Å². The van der Waals surface area contributed by atoms with E-state index in [0.29, 0.717) is 17.9 Å². The van der Waals surface area contributed by atoms with Gasteiger partial charge in [0.1, 0.15) is 11.5 Å². The van der Waals surface area contributed by atoms with Crippen LogP contribution in [-0.4, -0.2) is 15.3 Å². The Kier molecular flexibility index (Phi) is 3.26. The van der Waals surface area contributed by atoms with Crippen molar-refractivity contribution in [3.63, 3.8) is 0 Å². The Balaban J connectivity index is 1.90. The molecule has 3 rings (SSSR count). The number of fused-ring (bicyclic) bond motifs is 1. The molecule has 0 fully saturated rings. The van der Waals surface area contributed by atoms with E-state index in [1.54, 1.807) is 6.07 Å². The molecule has 2 aromatic heterocycles. The van der Waals surface area contributed by atoms with Crippen LogP contribution in [0.15, 0.2) is 30.5 Å². The first-order valence-electron chi connectivity index (χ1n) is 6.70. The van der Waals surface area contributed by atoms with Gasteiger partial charge in [0.15, 0.2) is 5.78 Å². The van der Waals surface area contributed by atoms with E-state index < -0.39 is 0 Å². The lowest BCUT2D eigenvalue weighted by Gasteiger charge is -2.00. The normalized spacial score (nSPS) is 14.1. The van der Waals surface area contributed by atoms with Crippen LogP contribution in [0.4, 0.5) is 5.82 Å². The summed E-state index contributed by atoms with van der Waals surface area (Å²) in [5, 5.41) is 0. The van der Waals surface area contributed by atoms with E-state index in [4.69, 9.17) is 5.73 Å². The molecule has 20 heavy (non-hydrogen) atoms. The minimum absolute atomic E-state index is 0.206. The highest BCUT2D eigenvalue weighted by atomic mass is 16.1. The smallest absolute Gasteiger partial charge is 0.179 e. The van der Waals surface area contributed by atoms with Crippen molar-refractivity contribution < 1.29 is 4.79 Å². The molecule has 0 atom stereocenters. The zero-order valence-corrected chi connectivity index (χ0v) is 11.1. The van der Waals surface area contributed by atoms with Crippen LogP contribution in [0.3, 0.4) is 0 Å². The van der Waals surface area contributed by atoms with E-state index in [-0.39, 0.29) is 5.78 Å². The molecule has 0 amide bonds. The van der Waals surface area contributed by atoms with E-state index >= 15 is 0 Å². The first-order chi connectivity index (χ1) is 9.72. The molecule has 1 aliphatic rings. The van der Waals surface area contributed by atoms with Crippen LogP contribution in [0.2, 0.25) is 0 Å². The van der Waals surface area contributed by atoms with Gasteiger partial charge < -0.3 is 10.3 Å². The number of nitrogens with two attached hydrogens (primary N) is 1. The molecule has 4 heteroatoms. The number of anilines is 1. The molecule has 3 heterocycles. The van der Waals surface area contributed by atoms with Crippen molar-refractivity contribution in [2.75, 3.05) is 5.73 Å². The Hall–Kier alpha value is -2.54. The Morgan fingerprint density at radius 2 is 2.15 bits per heavy atom. The topological polar surface area (TPSA) is 60.9 Å². The number of rotatable bonds is 0. The Bertz CT molecular complexity index is 719. The number of nitrogen functional groups attached to an aromatic ring is 1. The van der Waals surface area contributed by atoms with Gasteiger partial charge >= 0.3 is 0 Å². The average Bonchev–Trinajstić information content (AvgIpc) is 2.77. The van der Waals surface area contributed by atoms with Crippen molar-refractivity contribution in [1.29, 1.82) is 0 Å². The van der Waals surface area contributed by atoms with Gasteiger partial charge in [0.05, 0.1) is 5.69 Å². The van der Waals surface area contributed by atoms with Crippen LogP contribution in [0.25, 0.3) is 0 Å². The molecule has 0 spiro atoms. The van der Waals surface area contributed by atoms with Crippen LogP contribution in [-0.2, 0) is 6.54 Å². The first-order valence-corrected chi connectivity index (χ1v) is 6.70. The summed E-state index contributed by atoms with van der Waals surface area (Å²) >= 11 is 0. The highest BCUT2D eigenvalue weighted by Crippen LogP contribution is 2.17. The third kappa shape index (κ3) is 2.57. The summed E-state index contributed by atoms with van der Waals surface area (Å²) in [5.41, 5.74) is 7.87. The lowest BCUT2D eigenvalue weighted by molar-refractivity contribution is 0.0977. The number of pyridine rings is 1. The third-order valence-electron chi connectivity index (χ3n) is 3.34. The molecule has 0 saturated heterocycles. The van der Waals surface area contributed by atoms with Crippen molar-refractivity contribution in [1.82, 2.24) is 9.55 Å². The number of carbonyl (C=O) groups excluding carboxylic acids is 1. The second-order valence-electron chi connectivity index (χ2n) is 4.89. The number of Topliss-reactive ketones (excluding diaryl/α,β-unsaturated/α-hetero) is 1. The lowest BCUT2D eigenvalue weighted by Crippen LogP contribution is -2.03. The minimum atomic E-state index is 0.206. The summed E-state index contributed by atoms with van der Waals surface area (Å²) in [4.78, 5) is 16.1. The number of hydrogen-bond acceptors (Lipinski definition) is 3. The predicted octanol–water partition coefficient (Wildman–Crippen LogP) is 2.23. The molecule has 100 valence electrons. The summed E-state index contributed by atoms with van der Waals surface area (Å²) in [7, 11) is 0. The van der Waals surface area contributed by atoms with Crippen LogP contribution < -0.4 is 5.73 Å².